The van der Waals surface area contributed by atoms with Gasteiger partial charge in [-0.15, -0.1) is 0 Å². The zero-order chi connectivity index (χ0) is 20.1. The van der Waals surface area contributed by atoms with Crippen molar-refractivity contribution in [3.8, 4) is 11.3 Å². The molecule has 0 N–H and O–H groups in total. The number of carbonyl (C=O) groups is 1. The Hall–Kier alpha value is -1.62. The molecule has 4 nitrogen and oxygen atoms in total. The van der Waals surface area contributed by atoms with Crippen molar-refractivity contribution >= 4 is 21.8 Å². The maximum Gasteiger partial charge on any atom is 0.228 e. The Morgan fingerprint density at radius 2 is 1.93 bits per heavy atom. The molecule has 2 unspecified atom stereocenters. The average Bonchev–Trinajstić information content (AvgIpc) is 3.15. The second-order valence-corrected chi connectivity index (χ2v) is 11.4. The van der Waals surface area contributed by atoms with E-state index in [-0.39, 0.29) is 9.74 Å². The fraction of sp³-hybridized carbons (Fsp3) is 0.583. The van der Waals surface area contributed by atoms with Gasteiger partial charge in [0.15, 0.2) is 0 Å². The molecule has 4 aliphatic carbocycles. The standard InChI is InChI=1S/C24H29BrN2O2/c1-27(9-5-8-20-11-21(26-29-20)19-6-3-2-4-7-19)22(28)23-12-17-10-18(13-23)15-24(25,14-17)16-23/h2-4,6-7,11,17-18H,5,8-10,12-16H2,1H3. The first-order chi connectivity index (χ1) is 13.9. The normalized spacial score (nSPS) is 32.5. The first-order valence-corrected chi connectivity index (χ1v) is 11.7. The lowest BCUT2D eigenvalue weighted by molar-refractivity contribution is -0.154. The molecule has 4 bridgehead atoms. The molecular formula is C24H29BrN2O2. The number of amides is 1. The zero-order valence-corrected chi connectivity index (χ0v) is 18.7. The molecule has 1 aromatic carbocycles. The van der Waals surface area contributed by atoms with E-state index in [0.717, 1.165) is 67.5 Å². The first-order valence-electron chi connectivity index (χ1n) is 10.9. The first kappa shape index (κ1) is 19.3. The predicted molar refractivity (Wildman–Crippen MR) is 117 cm³/mol. The Bertz CT molecular complexity index is 879. The third kappa shape index (κ3) is 3.67. The molecule has 0 spiro atoms. The second-order valence-electron chi connectivity index (χ2n) is 9.77. The molecule has 0 aliphatic heterocycles. The molecule has 1 amide bonds. The maximum absolute atomic E-state index is 13.4. The summed E-state index contributed by atoms with van der Waals surface area (Å²) in [6.07, 6.45) is 8.78. The number of halogens is 1. The molecule has 0 radical (unpaired) electrons. The summed E-state index contributed by atoms with van der Waals surface area (Å²) in [5, 5.41) is 4.19. The van der Waals surface area contributed by atoms with Crippen LogP contribution in [-0.2, 0) is 11.2 Å². The number of alkyl halides is 1. The van der Waals surface area contributed by atoms with Gasteiger partial charge in [0, 0.05) is 36.0 Å². The Labute approximate surface area is 181 Å². The van der Waals surface area contributed by atoms with Crippen molar-refractivity contribution in [1.82, 2.24) is 10.1 Å². The van der Waals surface area contributed by atoms with Gasteiger partial charge in [-0.3, -0.25) is 4.79 Å². The number of aryl methyl sites for hydroxylation is 1. The van der Waals surface area contributed by atoms with Crippen LogP contribution in [0.3, 0.4) is 0 Å². The maximum atomic E-state index is 13.4. The molecule has 0 saturated heterocycles. The van der Waals surface area contributed by atoms with Gasteiger partial charge < -0.3 is 9.42 Å². The van der Waals surface area contributed by atoms with E-state index in [1.54, 1.807) is 0 Å². The van der Waals surface area contributed by atoms with Gasteiger partial charge in [0.05, 0.1) is 5.41 Å². The van der Waals surface area contributed by atoms with Gasteiger partial charge in [-0.1, -0.05) is 51.4 Å². The SMILES string of the molecule is CN(CCCc1cc(-c2ccccc2)no1)C(=O)C12CC3CC(CC(Br)(C3)C1)C2. The smallest absolute Gasteiger partial charge is 0.228 e. The molecular weight excluding hydrogens is 428 g/mol. The van der Waals surface area contributed by atoms with E-state index in [0.29, 0.717) is 5.91 Å². The van der Waals surface area contributed by atoms with Crippen molar-refractivity contribution in [2.45, 2.75) is 55.7 Å². The topological polar surface area (TPSA) is 46.3 Å². The molecule has 2 aromatic rings. The zero-order valence-electron chi connectivity index (χ0n) is 17.1. The van der Waals surface area contributed by atoms with Crippen LogP contribution in [0.25, 0.3) is 11.3 Å². The monoisotopic (exact) mass is 456 g/mol. The van der Waals surface area contributed by atoms with Crippen LogP contribution in [0.5, 0.6) is 0 Å². The number of aromatic nitrogens is 1. The fourth-order valence-corrected chi connectivity index (χ4v) is 8.03. The van der Waals surface area contributed by atoms with Crippen LogP contribution >= 0.6 is 15.9 Å². The lowest BCUT2D eigenvalue weighted by atomic mass is 9.49. The minimum atomic E-state index is -0.116. The van der Waals surface area contributed by atoms with Crippen molar-refractivity contribution in [2.24, 2.45) is 17.3 Å². The Balaban J connectivity index is 1.18. The summed E-state index contributed by atoms with van der Waals surface area (Å²) in [7, 11) is 1.98. The van der Waals surface area contributed by atoms with E-state index >= 15 is 0 Å². The van der Waals surface area contributed by atoms with Crippen molar-refractivity contribution in [3.05, 3.63) is 42.2 Å². The molecule has 4 fully saturated rings. The van der Waals surface area contributed by atoms with Crippen LogP contribution in [0.4, 0.5) is 0 Å². The molecule has 4 aliphatic rings. The van der Waals surface area contributed by atoms with Crippen molar-refractivity contribution in [2.75, 3.05) is 13.6 Å². The van der Waals surface area contributed by atoms with E-state index < -0.39 is 0 Å². The molecule has 5 heteroatoms. The largest absolute Gasteiger partial charge is 0.361 e. The van der Waals surface area contributed by atoms with Crippen molar-refractivity contribution in [1.29, 1.82) is 0 Å². The second kappa shape index (κ2) is 7.26. The summed E-state index contributed by atoms with van der Waals surface area (Å²) >= 11 is 4.02. The average molecular weight is 457 g/mol. The van der Waals surface area contributed by atoms with Gasteiger partial charge in [-0.25, -0.2) is 0 Å². The summed E-state index contributed by atoms with van der Waals surface area (Å²) in [5.74, 6) is 2.73. The van der Waals surface area contributed by atoms with Crippen LogP contribution in [0.15, 0.2) is 40.9 Å². The van der Waals surface area contributed by atoms with E-state index in [4.69, 9.17) is 4.52 Å². The Morgan fingerprint density at radius 1 is 1.21 bits per heavy atom. The highest BCUT2D eigenvalue weighted by molar-refractivity contribution is 9.10. The van der Waals surface area contributed by atoms with Crippen LogP contribution in [0.1, 0.15) is 50.7 Å². The summed E-state index contributed by atoms with van der Waals surface area (Å²) in [6, 6.07) is 12.1. The van der Waals surface area contributed by atoms with Crippen LogP contribution in [0.2, 0.25) is 0 Å². The van der Waals surface area contributed by atoms with Crippen LogP contribution in [0, 0.1) is 17.3 Å². The predicted octanol–water partition coefficient (Wildman–Crippen LogP) is 5.47. The Morgan fingerprint density at radius 3 is 2.62 bits per heavy atom. The number of nitrogens with zero attached hydrogens (tertiary/aromatic N) is 2. The molecule has 154 valence electrons. The fourth-order valence-electron chi connectivity index (χ4n) is 6.57. The van der Waals surface area contributed by atoms with Gasteiger partial charge >= 0.3 is 0 Å². The van der Waals surface area contributed by atoms with Crippen molar-refractivity contribution < 1.29 is 9.32 Å². The lowest BCUT2D eigenvalue weighted by Crippen LogP contribution is -2.58. The third-order valence-electron chi connectivity index (χ3n) is 7.34. The lowest BCUT2D eigenvalue weighted by Gasteiger charge is -2.60. The summed E-state index contributed by atoms with van der Waals surface area (Å²) < 4.78 is 5.74. The number of hydrogen-bond donors (Lipinski definition) is 0. The van der Waals surface area contributed by atoms with E-state index in [1.807, 2.05) is 48.3 Å². The quantitative estimate of drug-likeness (QED) is 0.541. The summed E-state index contributed by atoms with van der Waals surface area (Å²) in [5.41, 5.74) is 1.83. The minimum absolute atomic E-state index is 0.116. The van der Waals surface area contributed by atoms with E-state index in [1.165, 1.54) is 19.3 Å². The molecule has 4 saturated carbocycles. The highest BCUT2D eigenvalue weighted by Crippen LogP contribution is 2.64. The molecule has 1 aromatic heterocycles. The minimum Gasteiger partial charge on any atom is -0.361 e. The van der Waals surface area contributed by atoms with E-state index in [2.05, 4.69) is 21.1 Å². The third-order valence-corrected chi connectivity index (χ3v) is 8.26. The number of rotatable bonds is 6. The summed E-state index contributed by atoms with van der Waals surface area (Å²) in [6.45, 7) is 0.770. The summed E-state index contributed by atoms with van der Waals surface area (Å²) in [4.78, 5) is 15.4. The molecule has 2 atom stereocenters. The van der Waals surface area contributed by atoms with Crippen LogP contribution in [-0.4, -0.2) is 33.9 Å². The highest BCUT2D eigenvalue weighted by atomic mass is 79.9. The molecule has 1 heterocycles. The molecule has 29 heavy (non-hydrogen) atoms. The number of benzene rings is 1. The molecule has 6 rings (SSSR count). The van der Waals surface area contributed by atoms with Gasteiger partial charge in [0.1, 0.15) is 11.5 Å². The highest BCUT2D eigenvalue weighted by Gasteiger charge is 2.60. The van der Waals surface area contributed by atoms with Gasteiger partial charge in [0.25, 0.3) is 0 Å². The Kier molecular flexibility index (Phi) is 4.84. The van der Waals surface area contributed by atoms with Gasteiger partial charge in [0.2, 0.25) is 5.91 Å². The van der Waals surface area contributed by atoms with E-state index in [9.17, 15) is 4.79 Å². The number of carbonyl (C=O) groups excluding carboxylic acids is 1. The van der Waals surface area contributed by atoms with Gasteiger partial charge in [-0.2, -0.15) is 0 Å². The van der Waals surface area contributed by atoms with Crippen molar-refractivity contribution in [3.63, 3.8) is 0 Å². The van der Waals surface area contributed by atoms with Crippen LogP contribution < -0.4 is 0 Å². The van der Waals surface area contributed by atoms with Gasteiger partial charge in [-0.05, 0) is 56.8 Å². The number of hydrogen-bond acceptors (Lipinski definition) is 3.